The summed E-state index contributed by atoms with van der Waals surface area (Å²) >= 11 is 0. The van der Waals surface area contributed by atoms with Gasteiger partial charge in [-0.05, 0) is 103 Å². The zero-order valence-corrected chi connectivity index (χ0v) is 43.3. The van der Waals surface area contributed by atoms with Gasteiger partial charge in [-0.25, -0.2) is 0 Å². The van der Waals surface area contributed by atoms with Crippen LogP contribution in [0.3, 0.4) is 0 Å². The van der Waals surface area contributed by atoms with Gasteiger partial charge in [-0.3, -0.25) is 9.59 Å². The molecule has 0 rings (SSSR count). The molecule has 0 amide bonds. The molecule has 0 aliphatic heterocycles. The van der Waals surface area contributed by atoms with Crippen LogP contribution in [0.5, 0.6) is 0 Å². The van der Waals surface area contributed by atoms with Crippen molar-refractivity contribution >= 4 is 17.9 Å². The van der Waals surface area contributed by atoms with Crippen molar-refractivity contribution in [3.63, 3.8) is 0 Å². The van der Waals surface area contributed by atoms with Crippen LogP contribution in [0.25, 0.3) is 0 Å². The first-order chi connectivity index (χ1) is 32.6. The lowest BCUT2D eigenvalue weighted by Gasteiger charge is -2.34. The molecule has 0 N–H and O–H groups in total. The molecule has 0 aromatic heterocycles. The number of nitrogens with zero attached hydrogens (tertiary/aromatic N) is 1. The highest BCUT2D eigenvalue weighted by molar-refractivity contribution is 5.70. The van der Waals surface area contributed by atoms with E-state index in [0.717, 1.165) is 89.9 Å². The van der Waals surface area contributed by atoms with E-state index >= 15 is 0 Å². The molecule has 0 aromatic rings. The molecule has 0 heterocycles. The van der Waals surface area contributed by atoms with Crippen LogP contribution in [0.1, 0.15) is 194 Å². The summed E-state index contributed by atoms with van der Waals surface area (Å²) < 4.78 is 17.2. The average Bonchev–Trinajstić information content (AvgIpc) is 3.29. The molecule has 0 fully saturated rings. The number of hydrogen-bond acceptors (Lipinski definition) is 7. The van der Waals surface area contributed by atoms with E-state index in [1.165, 1.54) is 64.2 Å². The molecule has 2 atom stereocenters. The molecule has 0 radical (unpaired) electrons. The maximum absolute atomic E-state index is 12.8. The Bertz CT molecular complexity index is 1460. The van der Waals surface area contributed by atoms with Crippen LogP contribution in [0.4, 0.5) is 0 Å². The van der Waals surface area contributed by atoms with E-state index in [1.54, 1.807) is 21.1 Å². The Balaban J connectivity index is 4.35. The van der Waals surface area contributed by atoms with Gasteiger partial charge in [0.05, 0.1) is 40.3 Å². The van der Waals surface area contributed by atoms with Gasteiger partial charge in [-0.15, -0.1) is 0 Å². The Morgan fingerprint density at radius 3 is 1.27 bits per heavy atom. The number of esters is 2. The second kappa shape index (κ2) is 48.4. The summed E-state index contributed by atoms with van der Waals surface area (Å²) in [4.78, 5) is 37.1. The van der Waals surface area contributed by atoms with E-state index in [-0.39, 0.29) is 49.1 Å². The number of ether oxygens (including phenoxy) is 3. The topological polar surface area (TPSA) is 102 Å². The number of aliphatic carboxylic acids is 1. The second-order valence-corrected chi connectivity index (χ2v) is 18.4. The lowest BCUT2D eigenvalue weighted by molar-refractivity contribution is -0.889. The predicted molar refractivity (Wildman–Crippen MR) is 281 cm³/mol. The fraction of sp³-hybridized carbons (Fsp3) is 0.644. The Labute approximate surface area is 410 Å². The first-order valence-electron chi connectivity index (χ1n) is 26.4. The lowest BCUT2D eigenvalue weighted by Crippen LogP contribution is -2.55. The van der Waals surface area contributed by atoms with E-state index in [0.29, 0.717) is 12.8 Å². The molecule has 0 spiro atoms. The van der Waals surface area contributed by atoms with Gasteiger partial charge in [0.2, 0.25) is 0 Å². The smallest absolute Gasteiger partial charge is 0.306 e. The van der Waals surface area contributed by atoms with E-state index in [9.17, 15) is 19.5 Å². The predicted octanol–water partition coefficient (Wildman–Crippen LogP) is 14.3. The number of carbonyl (C=O) groups excluding carboxylic acids is 3. The van der Waals surface area contributed by atoms with Crippen LogP contribution in [0.15, 0.2) is 109 Å². The molecule has 2 unspecified atom stereocenters. The lowest BCUT2D eigenvalue weighted by atomic mass is 10.1. The van der Waals surface area contributed by atoms with E-state index in [2.05, 4.69) is 123 Å². The van der Waals surface area contributed by atoms with Gasteiger partial charge < -0.3 is 28.6 Å². The van der Waals surface area contributed by atoms with Gasteiger partial charge in [0.15, 0.2) is 6.10 Å². The maximum Gasteiger partial charge on any atom is 0.306 e. The Hall–Kier alpha value is -4.01. The van der Waals surface area contributed by atoms with Gasteiger partial charge in [0, 0.05) is 19.3 Å². The molecule has 0 aliphatic rings. The Morgan fingerprint density at radius 1 is 0.463 bits per heavy atom. The quantitative estimate of drug-likeness (QED) is 0.0259. The summed E-state index contributed by atoms with van der Waals surface area (Å²) in [6, 6.07) is -0.742. The van der Waals surface area contributed by atoms with Crippen molar-refractivity contribution in [1.82, 2.24) is 0 Å². The van der Waals surface area contributed by atoms with Crippen molar-refractivity contribution in [3.05, 3.63) is 109 Å². The van der Waals surface area contributed by atoms with E-state index < -0.39 is 18.1 Å². The molecule has 67 heavy (non-hydrogen) atoms. The normalized spacial score (nSPS) is 13.7. The summed E-state index contributed by atoms with van der Waals surface area (Å²) in [7, 11) is 5.39. The zero-order chi connectivity index (χ0) is 49.2. The third-order valence-corrected chi connectivity index (χ3v) is 11.1. The van der Waals surface area contributed by atoms with Crippen LogP contribution in [0.2, 0.25) is 0 Å². The van der Waals surface area contributed by atoms with Crippen LogP contribution in [-0.2, 0) is 28.6 Å². The number of carboxylic acids is 1. The zero-order valence-electron chi connectivity index (χ0n) is 43.3. The number of carbonyl (C=O) groups is 3. The molecule has 0 bridgehead atoms. The molecular formula is C59H97NO7. The second-order valence-electron chi connectivity index (χ2n) is 18.4. The van der Waals surface area contributed by atoms with Gasteiger partial charge >= 0.3 is 11.9 Å². The molecule has 0 saturated heterocycles. The number of carboxylic acid groups (broad SMARTS) is 1. The van der Waals surface area contributed by atoms with Crippen molar-refractivity contribution < 1.29 is 38.2 Å². The highest BCUT2D eigenvalue weighted by Gasteiger charge is 2.25. The minimum absolute atomic E-state index is 0.0145. The standard InChI is InChI=1S/C59H97NO7/c1-6-8-10-12-14-16-18-20-22-24-26-28-30-31-33-35-37-39-41-43-45-47-49-57(61)66-54-55(53-65-52-51-56(59(63)64)60(3,4)5)67-58(62)50-48-46-44-42-40-38-36-34-32-29-27-25-23-21-19-17-15-13-11-9-7-2/h8,10,14-17,20-23,26-29,34,36,40,42,55-56H,6-7,9,11-13,18-19,24-25,30-33,35,37-39,41,43-54H2,1-5H3/b10-8+,16-14+,17-15+,22-20+,23-21+,28-26+,29-27+,36-34+,42-40+. The highest BCUT2D eigenvalue weighted by atomic mass is 16.6. The first kappa shape index (κ1) is 63.0. The molecule has 8 heteroatoms. The largest absolute Gasteiger partial charge is 0.544 e. The maximum atomic E-state index is 12.8. The van der Waals surface area contributed by atoms with Crippen molar-refractivity contribution in [2.24, 2.45) is 0 Å². The molecular weight excluding hydrogens is 835 g/mol. The van der Waals surface area contributed by atoms with E-state index in [1.807, 2.05) is 0 Å². The molecule has 0 saturated carbocycles. The number of rotatable bonds is 46. The van der Waals surface area contributed by atoms with Gasteiger partial charge in [0.25, 0.3) is 0 Å². The van der Waals surface area contributed by atoms with Gasteiger partial charge in [-0.2, -0.15) is 0 Å². The number of hydrogen-bond donors (Lipinski definition) is 0. The summed E-state index contributed by atoms with van der Waals surface area (Å²) in [6.45, 7) is 4.46. The first-order valence-corrected chi connectivity index (χ1v) is 26.4. The van der Waals surface area contributed by atoms with Crippen LogP contribution in [-0.4, -0.2) is 75.5 Å². The van der Waals surface area contributed by atoms with Crippen molar-refractivity contribution in [3.8, 4) is 0 Å². The average molecular weight is 932 g/mol. The summed E-state index contributed by atoms with van der Waals surface area (Å²) in [6.07, 6.45) is 66.9. The Morgan fingerprint density at radius 2 is 0.836 bits per heavy atom. The number of likely N-dealkylation sites (N-methyl/N-ethyl adjacent to an activating group) is 1. The van der Waals surface area contributed by atoms with Crippen molar-refractivity contribution in [2.75, 3.05) is 41.0 Å². The van der Waals surface area contributed by atoms with Crippen LogP contribution in [0, 0.1) is 0 Å². The van der Waals surface area contributed by atoms with Crippen molar-refractivity contribution in [2.45, 2.75) is 206 Å². The highest BCUT2D eigenvalue weighted by Crippen LogP contribution is 2.14. The van der Waals surface area contributed by atoms with E-state index in [4.69, 9.17) is 14.2 Å². The van der Waals surface area contributed by atoms with Crippen LogP contribution >= 0.6 is 0 Å². The molecule has 8 nitrogen and oxygen atoms in total. The third-order valence-electron chi connectivity index (χ3n) is 11.1. The Kier molecular flexibility index (Phi) is 45.5. The molecule has 380 valence electrons. The van der Waals surface area contributed by atoms with Crippen LogP contribution < -0.4 is 5.11 Å². The third kappa shape index (κ3) is 46.9. The molecule has 0 aliphatic carbocycles. The monoisotopic (exact) mass is 932 g/mol. The fourth-order valence-electron chi connectivity index (χ4n) is 7.08. The summed E-state index contributed by atoms with van der Waals surface area (Å²) in [5.41, 5.74) is 0. The number of quaternary nitrogens is 1. The summed E-state index contributed by atoms with van der Waals surface area (Å²) in [5.74, 6) is -1.81. The summed E-state index contributed by atoms with van der Waals surface area (Å²) in [5, 5.41) is 11.7. The SMILES string of the molecule is CC/C=C/C/C=C/C/C=C/C/C=C/CCCCCCCCCCCC(=O)OCC(COCCC(C(=O)[O-])[N+](C)(C)C)OC(=O)CCCC/C=C/C/C=C/C/C=C/C/C=C/C/C=C/CCCCC. The van der Waals surface area contributed by atoms with Gasteiger partial charge in [0.1, 0.15) is 12.6 Å². The minimum atomic E-state index is -1.14. The van der Waals surface area contributed by atoms with Gasteiger partial charge in [-0.1, -0.05) is 181 Å². The number of unbranched alkanes of at least 4 members (excludes halogenated alkanes) is 14. The number of allylic oxidation sites excluding steroid dienone is 18. The fourth-order valence-corrected chi connectivity index (χ4v) is 7.08. The van der Waals surface area contributed by atoms with Crippen molar-refractivity contribution in [1.29, 1.82) is 0 Å². The molecule has 0 aromatic carbocycles. The minimum Gasteiger partial charge on any atom is -0.544 e.